The van der Waals surface area contributed by atoms with Crippen molar-refractivity contribution in [1.82, 2.24) is 4.90 Å². The summed E-state index contributed by atoms with van der Waals surface area (Å²) in [6.07, 6.45) is 0.177. The lowest BCUT2D eigenvalue weighted by Crippen LogP contribution is -2.46. The second-order valence-electron chi connectivity index (χ2n) is 7.34. The summed E-state index contributed by atoms with van der Waals surface area (Å²) < 4.78 is 0. The molecule has 1 unspecified atom stereocenters. The maximum Gasteiger partial charge on any atom is 0.326 e. The highest BCUT2D eigenvalue weighted by Crippen LogP contribution is 2.33. The Morgan fingerprint density at radius 3 is 2.39 bits per heavy atom. The molecule has 0 aliphatic carbocycles. The van der Waals surface area contributed by atoms with E-state index in [9.17, 15) is 14.7 Å². The summed E-state index contributed by atoms with van der Waals surface area (Å²) in [7, 11) is 0. The predicted molar refractivity (Wildman–Crippen MR) is 136 cm³/mol. The van der Waals surface area contributed by atoms with E-state index in [0.717, 1.165) is 20.2 Å². The smallest absolute Gasteiger partial charge is 0.326 e. The molecule has 2 heterocycles. The fourth-order valence-corrected chi connectivity index (χ4v) is 5.82. The van der Waals surface area contributed by atoms with E-state index in [1.807, 2.05) is 60.0 Å². The zero-order valence-corrected chi connectivity index (χ0v) is 20.4. The number of aliphatic carboxylic acids is 1. The van der Waals surface area contributed by atoms with E-state index in [-0.39, 0.29) is 23.6 Å². The number of carbonyl (C=O) groups excluding carboxylic acids is 1. The quantitative estimate of drug-likeness (QED) is 0.271. The van der Waals surface area contributed by atoms with Gasteiger partial charge in [-0.3, -0.25) is 4.79 Å². The highest BCUT2D eigenvalue weighted by atomic mass is 35.5. The van der Waals surface area contributed by atoms with Crippen LogP contribution in [0.3, 0.4) is 0 Å². The Labute approximate surface area is 209 Å². The van der Waals surface area contributed by atoms with Crippen molar-refractivity contribution in [3.8, 4) is 9.75 Å². The number of carboxylic acids is 1. The molecule has 168 valence electrons. The van der Waals surface area contributed by atoms with Gasteiger partial charge < -0.3 is 10.0 Å². The number of benzene rings is 2. The number of amides is 1. The van der Waals surface area contributed by atoms with Crippen molar-refractivity contribution in [1.29, 1.82) is 0 Å². The van der Waals surface area contributed by atoms with E-state index in [0.29, 0.717) is 5.02 Å². The van der Waals surface area contributed by atoms with E-state index in [1.165, 1.54) is 17.0 Å². The molecule has 0 aliphatic rings. The fourth-order valence-electron chi connectivity index (χ4n) is 3.49. The minimum atomic E-state index is -1.08. The van der Waals surface area contributed by atoms with Gasteiger partial charge in [0.15, 0.2) is 0 Å². The third-order valence-electron chi connectivity index (χ3n) is 5.11. The summed E-state index contributed by atoms with van der Waals surface area (Å²) in [5.41, 5.74) is 1.05. The highest BCUT2D eigenvalue weighted by Gasteiger charge is 2.32. The molecule has 4 aromatic rings. The van der Waals surface area contributed by atoms with Crippen LogP contribution in [0.5, 0.6) is 0 Å². The zero-order valence-electron chi connectivity index (χ0n) is 17.3. The summed E-state index contributed by atoms with van der Waals surface area (Å²) in [5, 5.41) is 12.7. The summed E-state index contributed by atoms with van der Waals surface area (Å²) in [4.78, 5) is 30.4. The number of carboxylic acid groups (broad SMARTS) is 1. The topological polar surface area (TPSA) is 57.6 Å². The monoisotopic (exact) mass is 515 g/mol. The van der Waals surface area contributed by atoms with Crippen molar-refractivity contribution in [2.75, 3.05) is 0 Å². The first kappa shape index (κ1) is 23.5. The first-order valence-electron chi connectivity index (χ1n) is 10.1. The zero-order chi connectivity index (χ0) is 23.4. The van der Waals surface area contributed by atoms with Gasteiger partial charge in [0.05, 0.1) is 17.1 Å². The molecule has 0 radical (unpaired) electrons. The van der Waals surface area contributed by atoms with Crippen LogP contribution in [0.15, 0.2) is 78.2 Å². The maximum absolute atomic E-state index is 13.6. The van der Waals surface area contributed by atoms with E-state index in [4.69, 9.17) is 23.2 Å². The molecule has 1 amide bonds. The molecule has 4 nitrogen and oxygen atoms in total. The highest BCUT2D eigenvalue weighted by molar-refractivity contribution is 7.21. The van der Waals surface area contributed by atoms with E-state index in [2.05, 4.69) is 0 Å². The average molecular weight is 516 g/mol. The largest absolute Gasteiger partial charge is 0.480 e. The van der Waals surface area contributed by atoms with Crippen molar-refractivity contribution in [3.05, 3.63) is 104 Å². The number of carbonyl (C=O) groups is 2. The summed E-state index contributed by atoms with van der Waals surface area (Å²) in [6, 6.07) is 20.8. The van der Waals surface area contributed by atoms with Gasteiger partial charge in [-0.15, -0.1) is 22.7 Å². The Balaban J connectivity index is 1.70. The number of hydrogen-bond donors (Lipinski definition) is 1. The number of halogens is 2. The normalized spacial score (nSPS) is 11.8. The molecule has 1 N–H and O–H groups in total. The second-order valence-corrected chi connectivity index (χ2v) is 10.3. The Morgan fingerprint density at radius 1 is 0.939 bits per heavy atom. The molecule has 2 aromatic carbocycles. The average Bonchev–Trinajstić information content (AvgIpc) is 3.48. The van der Waals surface area contributed by atoms with E-state index < -0.39 is 17.9 Å². The molecule has 1 atom stereocenters. The van der Waals surface area contributed by atoms with Crippen LogP contribution in [0.1, 0.15) is 20.8 Å². The third kappa shape index (κ3) is 5.65. The van der Waals surface area contributed by atoms with Crippen LogP contribution in [0, 0.1) is 0 Å². The number of rotatable bonds is 8. The van der Waals surface area contributed by atoms with Crippen molar-refractivity contribution in [2.45, 2.75) is 19.0 Å². The second kappa shape index (κ2) is 10.5. The summed E-state index contributed by atoms with van der Waals surface area (Å²) in [6.45, 7) is 0.150. The van der Waals surface area contributed by atoms with Gasteiger partial charge >= 0.3 is 5.97 Å². The molecular weight excluding hydrogens is 497 g/mol. The third-order valence-corrected chi connectivity index (χ3v) is 7.79. The summed E-state index contributed by atoms with van der Waals surface area (Å²) in [5.74, 6) is -1.53. The van der Waals surface area contributed by atoms with Gasteiger partial charge in [-0.1, -0.05) is 59.6 Å². The fraction of sp³-hybridized carbons (Fsp3) is 0.120. The first-order chi connectivity index (χ1) is 15.9. The lowest BCUT2D eigenvalue weighted by molar-refractivity contribution is -0.142. The van der Waals surface area contributed by atoms with Gasteiger partial charge in [0.2, 0.25) is 0 Å². The standard InChI is InChI=1S/C25H19Cl2NO3S2/c26-17-8-10-19(20(27)14-17)24(29)28(21(25(30)31)13-16-5-2-1-3-6-16)15-18-9-11-23(33-18)22-7-4-12-32-22/h1-12,14,21H,13,15H2,(H,30,31). The Morgan fingerprint density at radius 2 is 1.73 bits per heavy atom. The minimum absolute atomic E-state index is 0.150. The molecule has 0 saturated heterocycles. The predicted octanol–water partition coefficient (Wildman–Crippen LogP) is 7.12. The van der Waals surface area contributed by atoms with Crippen LogP contribution >= 0.6 is 45.9 Å². The van der Waals surface area contributed by atoms with Gasteiger partial charge in [0.1, 0.15) is 6.04 Å². The molecule has 33 heavy (non-hydrogen) atoms. The van der Waals surface area contributed by atoms with Crippen LogP contribution in [-0.2, 0) is 17.8 Å². The van der Waals surface area contributed by atoms with Crippen molar-refractivity contribution < 1.29 is 14.7 Å². The Kier molecular flexibility index (Phi) is 7.50. The van der Waals surface area contributed by atoms with Crippen LogP contribution in [0.25, 0.3) is 9.75 Å². The summed E-state index contributed by atoms with van der Waals surface area (Å²) >= 11 is 15.5. The van der Waals surface area contributed by atoms with Gasteiger partial charge in [-0.05, 0) is 47.3 Å². The van der Waals surface area contributed by atoms with Crippen molar-refractivity contribution >= 4 is 57.8 Å². The number of nitrogens with zero attached hydrogens (tertiary/aromatic N) is 1. The Bertz CT molecular complexity index is 1260. The van der Waals surface area contributed by atoms with E-state index >= 15 is 0 Å². The molecule has 2 aromatic heterocycles. The molecule has 0 fully saturated rings. The molecule has 0 bridgehead atoms. The first-order valence-corrected chi connectivity index (χ1v) is 12.5. The van der Waals surface area contributed by atoms with Crippen LogP contribution in [-0.4, -0.2) is 27.9 Å². The van der Waals surface area contributed by atoms with Gasteiger partial charge in [0.25, 0.3) is 5.91 Å². The molecule has 0 saturated carbocycles. The van der Waals surface area contributed by atoms with Crippen LogP contribution < -0.4 is 0 Å². The van der Waals surface area contributed by atoms with Crippen LogP contribution in [0.2, 0.25) is 10.0 Å². The molecular formula is C25H19Cl2NO3S2. The minimum Gasteiger partial charge on any atom is -0.480 e. The lowest BCUT2D eigenvalue weighted by Gasteiger charge is -2.29. The number of thiophene rings is 2. The van der Waals surface area contributed by atoms with Crippen LogP contribution in [0.4, 0.5) is 0 Å². The molecule has 4 rings (SSSR count). The molecule has 8 heteroatoms. The van der Waals surface area contributed by atoms with Gasteiger partial charge in [0, 0.05) is 26.1 Å². The SMILES string of the molecule is O=C(O)C(Cc1ccccc1)N(Cc1ccc(-c2cccs2)s1)C(=O)c1ccc(Cl)cc1Cl. The van der Waals surface area contributed by atoms with Crippen molar-refractivity contribution in [2.24, 2.45) is 0 Å². The lowest BCUT2D eigenvalue weighted by atomic mass is 10.0. The molecule has 0 aliphatic heterocycles. The van der Waals surface area contributed by atoms with E-state index in [1.54, 1.807) is 28.7 Å². The van der Waals surface area contributed by atoms with Gasteiger partial charge in [-0.2, -0.15) is 0 Å². The molecule has 0 spiro atoms. The van der Waals surface area contributed by atoms with Gasteiger partial charge in [-0.25, -0.2) is 4.79 Å². The number of hydrogen-bond acceptors (Lipinski definition) is 4. The van der Waals surface area contributed by atoms with Crippen molar-refractivity contribution in [3.63, 3.8) is 0 Å². The Hall–Kier alpha value is -2.64. The maximum atomic E-state index is 13.6.